The van der Waals surface area contributed by atoms with Gasteiger partial charge in [0, 0.05) is 0 Å². The Kier molecular flexibility index (Phi) is 1.64. The molecule has 0 amide bonds. The summed E-state index contributed by atoms with van der Waals surface area (Å²) in [5, 5.41) is 0. The molecule has 0 spiro atoms. The van der Waals surface area contributed by atoms with Gasteiger partial charge in [-0.15, -0.1) is 0 Å². The molecule has 2 fully saturated rings. The molecule has 0 aromatic rings. The Bertz CT molecular complexity index is 115. The van der Waals surface area contributed by atoms with Gasteiger partial charge in [0.05, 0.1) is 25.4 Å². The minimum atomic E-state index is 0.284. The van der Waals surface area contributed by atoms with Gasteiger partial charge >= 0.3 is 0 Å². The number of ether oxygens (including phenoxy) is 2. The van der Waals surface area contributed by atoms with Crippen molar-refractivity contribution in [3.8, 4) is 0 Å². The average Bonchev–Trinajstić information content (AvgIpc) is 2.27. The lowest BCUT2D eigenvalue weighted by molar-refractivity contribution is -0.116. The van der Waals surface area contributed by atoms with Crippen LogP contribution in [0.3, 0.4) is 0 Å². The van der Waals surface area contributed by atoms with Crippen molar-refractivity contribution >= 4 is 0 Å². The second-order valence-corrected chi connectivity index (χ2v) is 2.85. The zero-order chi connectivity index (χ0) is 6.97. The van der Waals surface area contributed by atoms with Crippen LogP contribution in [0.15, 0.2) is 0 Å². The lowest BCUT2D eigenvalue weighted by Gasteiger charge is -2.25. The van der Waals surface area contributed by atoms with Gasteiger partial charge in [-0.25, -0.2) is 0 Å². The zero-order valence-corrected chi connectivity index (χ0v) is 5.95. The summed E-state index contributed by atoms with van der Waals surface area (Å²) in [6.07, 6.45) is 0.567. The maximum atomic E-state index is 5.47. The molecule has 0 bridgehead atoms. The van der Waals surface area contributed by atoms with Crippen molar-refractivity contribution in [2.75, 3.05) is 26.3 Å². The maximum absolute atomic E-state index is 5.47. The standard InChI is InChI=1S/C7H12NO2/c1-8-4-6-7(5-8)10-3-2-9-6/h6-7H,1-5H2/q-1/t6-,7+. The molecule has 58 valence electrons. The molecule has 0 unspecified atom stereocenters. The van der Waals surface area contributed by atoms with Crippen molar-refractivity contribution in [1.29, 1.82) is 0 Å². The van der Waals surface area contributed by atoms with Gasteiger partial charge in [0.15, 0.2) is 0 Å². The van der Waals surface area contributed by atoms with E-state index in [9.17, 15) is 0 Å². The van der Waals surface area contributed by atoms with Crippen LogP contribution >= 0.6 is 0 Å². The molecule has 2 heterocycles. The Balaban J connectivity index is 1.97. The SMILES string of the molecule is [CH2-]N1C[C@@H]2OCCO[C@@H]2C1. The van der Waals surface area contributed by atoms with Crippen molar-refractivity contribution in [2.24, 2.45) is 0 Å². The molecule has 0 saturated carbocycles. The predicted octanol–water partition coefficient (Wildman–Crippen LogP) is -0.122. The van der Waals surface area contributed by atoms with Gasteiger partial charge in [-0.1, -0.05) is 0 Å². The van der Waals surface area contributed by atoms with Crippen LogP contribution < -0.4 is 0 Å². The number of nitrogens with zero attached hydrogens (tertiary/aromatic N) is 1. The summed E-state index contributed by atoms with van der Waals surface area (Å²) in [6, 6.07) is 0. The van der Waals surface area contributed by atoms with Crippen molar-refractivity contribution in [3.63, 3.8) is 0 Å². The second-order valence-electron chi connectivity index (χ2n) is 2.85. The van der Waals surface area contributed by atoms with Crippen LogP contribution in [0.25, 0.3) is 0 Å². The molecule has 2 rings (SSSR count). The molecule has 0 radical (unpaired) electrons. The zero-order valence-electron chi connectivity index (χ0n) is 5.95. The molecule has 0 N–H and O–H groups in total. The minimum Gasteiger partial charge on any atom is -0.455 e. The van der Waals surface area contributed by atoms with Gasteiger partial charge in [0.25, 0.3) is 0 Å². The molecule has 2 aliphatic rings. The molecule has 0 aromatic carbocycles. The summed E-state index contributed by atoms with van der Waals surface area (Å²) in [7, 11) is 3.84. The van der Waals surface area contributed by atoms with E-state index in [1.807, 2.05) is 4.90 Å². The quantitative estimate of drug-likeness (QED) is 0.440. The molecular formula is C7H12NO2-. The normalized spacial score (nSPS) is 41.7. The lowest BCUT2D eigenvalue weighted by Crippen LogP contribution is -2.36. The highest BCUT2D eigenvalue weighted by molar-refractivity contribution is 4.87. The summed E-state index contributed by atoms with van der Waals surface area (Å²) >= 11 is 0. The Hall–Kier alpha value is -0.120. The number of hydrogen-bond acceptors (Lipinski definition) is 3. The van der Waals surface area contributed by atoms with Crippen LogP contribution in [0.5, 0.6) is 0 Å². The first kappa shape index (κ1) is 6.58. The fraction of sp³-hybridized carbons (Fsp3) is 0.857. The third kappa shape index (κ3) is 1.05. The summed E-state index contributed by atoms with van der Waals surface area (Å²) in [5.74, 6) is 0. The van der Waals surface area contributed by atoms with E-state index in [1.165, 1.54) is 0 Å². The van der Waals surface area contributed by atoms with Crippen molar-refractivity contribution in [2.45, 2.75) is 12.2 Å². The molecule has 2 saturated heterocycles. The molecule has 2 atom stereocenters. The van der Waals surface area contributed by atoms with E-state index in [-0.39, 0.29) is 12.2 Å². The topological polar surface area (TPSA) is 21.7 Å². The fourth-order valence-electron chi connectivity index (χ4n) is 1.54. The van der Waals surface area contributed by atoms with Gasteiger partial charge in [-0.05, 0) is 13.1 Å². The number of fused-ring (bicyclic) bond motifs is 1. The summed E-state index contributed by atoms with van der Waals surface area (Å²) in [6.45, 7) is 3.33. The third-order valence-electron chi connectivity index (χ3n) is 2.04. The molecular weight excluding hydrogens is 130 g/mol. The van der Waals surface area contributed by atoms with Crippen LogP contribution in [-0.4, -0.2) is 43.4 Å². The van der Waals surface area contributed by atoms with Crippen molar-refractivity contribution in [3.05, 3.63) is 7.05 Å². The van der Waals surface area contributed by atoms with Crippen LogP contribution in [-0.2, 0) is 9.47 Å². The predicted molar refractivity (Wildman–Crippen MR) is 36.4 cm³/mol. The van der Waals surface area contributed by atoms with Crippen LogP contribution in [0.4, 0.5) is 0 Å². The summed E-state index contributed by atoms with van der Waals surface area (Å²) < 4.78 is 10.9. The number of likely N-dealkylation sites (tertiary alicyclic amines) is 1. The summed E-state index contributed by atoms with van der Waals surface area (Å²) in [5.41, 5.74) is 0. The number of hydrogen-bond donors (Lipinski definition) is 0. The fourth-order valence-corrected chi connectivity index (χ4v) is 1.54. The minimum absolute atomic E-state index is 0.284. The van der Waals surface area contributed by atoms with Gasteiger partial charge in [-0.3, -0.25) is 7.05 Å². The maximum Gasteiger partial charge on any atom is 0.0951 e. The monoisotopic (exact) mass is 142 g/mol. The Morgan fingerprint density at radius 3 is 2.10 bits per heavy atom. The first-order chi connectivity index (χ1) is 4.86. The molecule has 0 aromatic heterocycles. The van der Waals surface area contributed by atoms with E-state index in [0.717, 1.165) is 26.3 Å². The Labute approximate surface area is 60.9 Å². The highest BCUT2D eigenvalue weighted by Crippen LogP contribution is 2.18. The van der Waals surface area contributed by atoms with Crippen molar-refractivity contribution in [1.82, 2.24) is 4.90 Å². The third-order valence-corrected chi connectivity index (χ3v) is 2.04. The largest absolute Gasteiger partial charge is 0.455 e. The van der Waals surface area contributed by atoms with Crippen LogP contribution in [0.2, 0.25) is 0 Å². The van der Waals surface area contributed by atoms with E-state index in [2.05, 4.69) is 7.05 Å². The van der Waals surface area contributed by atoms with Crippen molar-refractivity contribution < 1.29 is 9.47 Å². The van der Waals surface area contributed by atoms with Gasteiger partial charge in [0.1, 0.15) is 0 Å². The Morgan fingerprint density at radius 1 is 1.10 bits per heavy atom. The van der Waals surface area contributed by atoms with Crippen LogP contribution in [0, 0.1) is 7.05 Å². The van der Waals surface area contributed by atoms with Gasteiger partial charge in [-0.2, -0.15) is 0 Å². The van der Waals surface area contributed by atoms with Gasteiger partial charge < -0.3 is 14.4 Å². The molecule has 3 heteroatoms. The highest BCUT2D eigenvalue weighted by Gasteiger charge is 2.31. The van der Waals surface area contributed by atoms with Gasteiger partial charge in [0.2, 0.25) is 0 Å². The number of rotatable bonds is 0. The lowest BCUT2D eigenvalue weighted by atomic mass is 10.2. The van der Waals surface area contributed by atoms with E-state index in [4.69, 9.17) is 9.47 Å². The average molecular weight is 142 g/mol. The Morgan fingerprint density at radius 2 is 1.60 bits per heavy atom. The van der Waals surface area contributed by atoms with E-state index in [0.29, 0.717) is 0 Å². The second kappa shape index (κ2) is 2.49. The smallest absolute Gasteiger partial charge is 0.0951 e. The first-order valence-corrected chi connectivity index (χ1v) is 3.65. The molecule has 2 aliphatic heterocycles. The first-order valence-electron chi connectivity index (χ1n) is 3.65. The summed E-state index contributed by atoms with van der Waals surface area (Å²) in [4.78, 5) is 2.00. The van der Waals surface area contributed by atoms with E-state index in [1.54, 1.807) is 0 Å². The molecule has 3 nitrogen and oxygen atoms in total. The van der Waals surface area contributed by atoms with E-state index < -0.39 is 0 Å². The van der Waals surface area contributed by atoms with Crippen LogP contribution in [0.1, 0.15) is 0 Å². The molecule has 10 heavy (non-hydrogen) atoms. The highest BCUT2D eigenvalue weighted by atomic mass is 16.6. The molecule has 0 aliphatic carbocycles. The van der Waals surface area contributed by atoms with E-state index >= 15 is 0 Å².